The number of nitrogens with one attached hydrogen (secondary N) is 2. The van der Waals surface area contributed by atoms with Gasteiger partial charge >= 0.3 is 5.97 Å². The van der Waals surface area contributed by atoms with Crippen LogP contribution in [0.1, 0.15) is 104 Å². The van der Waals surface area contributed by atoms with Crippen molar-refractivity contribution in [3.63, 3.8) is 0 Å². The largest absolute Gasteiger partial charge is 0.508 e. The lowest BCUT2D eigenvalue weighted by atomic mass is 9.62. The second-order valence-electron chi connectivity index (χ2n) is 16.1. The molecule has 12 nitrogen and oxygen atoms in total. The number of aliphatic hydroxyl groups excluding tert-OH is 1. The topological polar surface area (TPSA) is 156 Å². The standard InChI is InChI=1S/C46H57N3O9/c1-3-5-9-23-45(24-10-6-4-2)56-38-37-28-46(44(54)48-29-33-14-12-17-35(27-33)42(52)47-25-26-50)40(43(53)55-37)49(58-41(46)39(38)57-45)30-32-21-19-31(20-22-32)13-11-16-34-15-7-8-18-36(34)51/h7-8,11-15,17-22,27,37-41,50-51H,3-6,9-10,16,23-26,28-30H2,1-2H3,(H,47,52)(H,48,54)/t37-,38+,39+,40+,41-,46+/m1/s1. The molecule has 1 aliphatic carbocycles. The van der Waals surface area contributed by atoms with E-state index in [2.05, 4.69) is 24.5 Å². The van der Waals surface area contributed by atoms with Crippen LogP contribution in [0.2, 0.25) is 0 Å². The summed E-state index contributed by atoms with van der Waals surface area (Å²) in [4.78, 5) is 48.5. The van der Waals surface area contributed by atoms with E-state index in [4.69, 9.17) is 24.2 Å². The maximum atomic E-state index is 14.9. The number of hydrogen-bond donors (Lipinski definition) is 4. The first kappa shape index (κ1) is 41.6. The van der Waals surface area contributed by atoms with Crippen molar-refractivity contribution in [3.8, 4) is 5.75 Å². The van der Waals surface area contributed by atoms with Gasteiger partial charge in [-0.2, -0.15) is 5.06 Å². The number of rotatable bonds is 19. The van der Waals surface area contributed by atoms with E-state index in [1.165, 1.54) is 0 Å². The van der Waals surface area contributed by atoms with Gasteiger partial charge in [-0.15, -0.1) is 0 Å². The molecular weight excluding hydrogens is 739 g/mol. The summed E-state index contributed by atoms with van der Waals surface area (Å²) in [6, 6.07) is 21.1. The SMILES string of the molecule is CCCCCC1(CCCCC)O[C@@H]2[C@H](O1)[C@H]1ON(Cc3ccc(C=CCc4ccccc4O)cc3)[C@H]3C(=O)O[C@@H]2C[C@@]13C(=O)NCc1cccc(C(=O)NCCO)c1. The minimum Gasteiger partial charge on any atom is -0.508 e. The van der Waals surface area contributed by atoms with Crippen molar-refractivity contribution in [2.45, 2.75) is 127 Å². The molecule has 3 heterocycles. The fourth-order valence-corrected chi connectivity index (χ4v) is 9.06. The predicted molar refractivity (Wildman–Crippen MR) is 217 cm³/mol. The number of hydroxylamine groups is 2. The second-order valence-corrected chi connectivity index (χ2v) is 16.1. The van der Waals surface area contributed by atoms with E-state index in [1.807, 2.05) is 54.6 Å². The van der Waals surface area contributed by atoms with E-state index in [-0.39, 0.29) is 50.2 Å². The van der Waals surface area contributed by atoms with Crippen LogP contribution in [0, 0.1) is 5.41 Å². The summed E-state index contributed by atoms with van der Waals surface area (Å²) in [5, 5.41) is 26.7. The maximum Gasteiger partial charge on any atom is 0.327 e. The molecule has 0 spiro atoms. The Hall–Kier alpha value is -4.59. The molecule has 3 saturated heterocycles. The summed E-state index contributed by atoms with van der Waals surface area (Å²) in [6.45, 7) is 4.62. The number of ether oxygens (including phenoxy) is 3. The highest BCUT2D eigenvalue weighted by Gasteiger charge is 2.76. The van der Waals surface area contributed by atoms with Crippen LogP contribution in [0.3, 0.4) is 0 Å². The molecule has 310 valence electrons. The minimum absolute atomic E-state index is 0.114. The zero-order valence-corrected chi connectivity index (χ0v) is 33.6. The molecule has 0 unspecified atom stereocenters. The lowest BCUT2D eigenvalue weighted by Crippen LogP contribution is -2.69. The van der Waals surface area contributed by atoms with Crippen LogP contribution >= 0.6 is 0 Å². The summed E-state index contributed by atoms with van der Waals surface area (Å²) in [5.74, 6) is -1.80. The smallest absolute Gasteiger partial charge is 0.327 e. The van der Waals surface area contributed by atoms with Gasteiger partial charge in [-0.25, -0.2) is 0 Å². The molecule has 58 heavy (non-hydrogen) atoms. The van der Waals surface area contributed by atoms with Crippen LogP contribution < -0.4 is 10.6 Å². The van der Waals surface area contributed by atoms with Crippen molar-refractivity contribution in [1.82, 2.24) is 15.7 Å². The zero-order chi connectivity index (χ0) is 40.7. The Kier molecular flexibility index (Phi) is 13.3. The molecule has 3 aliphatic heterocycles. The van der Waals surface area contributed by atoms with E-state index in [0.29, 0.717) is 30.4 Å². The Bertz CT molecular complexity index is 1930. The quantitative estimate of drug-likeness (QED) is 0.0823. The van der Waals surface area contributed by atoms with Crippen LogP contribution in [-0.2, 0) is 48.1 Å². The number of aromatic hydroxyl groups is 1. The fraction of sp³-hybridized carbons (Fsp3) is 0.500. The molecule has 0 aromatic heterocycles. The number of hydrogen-bond acceptors (Lipinski definition) is 10. The first-order valence-electron chi connectivity index (χ1n) is 21.0. The van der Waals surface area contributed by atoms with Crippen molar-refractivity contribution in [3.05, 3.63) is 107 Å². The number of amides is 2. The number of unbranched alkanes of at least 4 members (excludes halogenated alkanes) is 4. The Labute approximate surface area is 340 Å². The predicted octanol–water partition coefficient (Wildman–Crippen LogP) is 6.13. The van der Waals surface area contributed by atoms with Gasteiger partial charge in [0.05, 0.1) is 13.2 Å². The molecule has 12 heteroatoms. The van der Waals surface area contributed by atoms with Gasteiger partial charge in [-0.3, -0.25) is 19.2 Å². The average Bonchev–Trinajstić information content (AvgIpc) is 3.79. The Morgan fingerprint density at radius 1 is 0.897 bits per heavy atom. The lowest BCUT2D eigenvalue weighted by molar-refractivity contribution is -0.224. The van der Waals surface area contributed by atoms with Gasteiger partial charge in [0.1, 0.15) is 35.6 Å². The van der Waals surface area contributed by atoms with Crippen molar-refractivity contribution in [1.29, 1.82) is 0 Å². The van der Waals surface area contributed by atoms with E-state index < -0.39 is 47.6 Å². The van der Waals surface area contributed by atoms with E-state index in [0.717, 1.165) is 55.2 Å². The highest BCUT2D eigenvalue weighted by molar-refractivity contribution is 5.95. The number of nitrogens with zero attached hydrogens (tertiary/aromatic N) is 1. The van der Waals surface area contributed by atoms with Gasteiger partial charge in [0.15, 0.2) is 11.8 Å². The summed E-state index contributed by atoms with van der Waals surface area (Å²) < 4.78 is 20.1. The molecule has 3 aromatic rings. The molecule has 7 rings (SSSR count). The van der Waals surface area contributed by atoms with Crippen LogP contribution in [0.15, 0.2) is 78.9 Å². The van der Waals surface area contributed by atoms with E-state index in [9.17, 15) is 19.5 Å². The number of phenolic OH excluding ortho intramolecular Hbond substituents is 1. The molecule has 1 saturated carbocycles. The summed E-state index contributed by atoms with van der Waals surface area (Å²) >= 11 is 0. The van der Waals surface area contributed by atoms with Gasteiger partial charge in [-0.1, -0.05) is 106 Å². The second kappa shape index (κ2) is 18.6. The molecule has 0 radical (unpaired) electrons. The van der Waals surface area contributed by atoms with Gasteiger partial charge in [-0.05, 0) is 59.7 Å². The molecule has 6 atom stereocenters. The first-order chi connectivity index (χ1) is 28.2. The third-order valence-electron chi connectivity index (χ3n) is 12.0. The molecule has 4 aliphatic rings. The third kappa shape index (κ3) is 8.72. The minimum atomic E-state index is -1.34. The molecular formula is C46H57N3O9. The van der Waals surface area contributed by atoms with Crippen molar-refractivity contribution in [2.75, 3.05) is 13.2 Å². The van der Waals surface area contributed by atoms with Crippen molar-refractivity contribution in [2.24, 2.45) is 5.41 Å². The van der Waals surface area contributed by atoms with E-state index in [1.54, 1.807) is 35.4 Å². The van der Waals surface area contributed by atoms with Crippen molar-refractivity contribution >= 4 is 23.9 Å². The number of esters is 1. The Balaban J connectivity index is 1.15. The number of para-hydroxylation sites is 1. The average molecular weight is 796 g/mol. The van der Waals surface area contributed by atoms with Crippen LogP contribution in [-0.4, -0.2) is 82.5 Å². The molecule has 3 aromatic carbocycles. The van der Waals surface area contributed by atoms with Gasteiger partial charge < -0.3 is 35.1 Å². The van der Waals surface area contributed by atoms with Gasteiger partial charge in [0, 0.05) is 37.9 Å². The molecule has 4 N–H and O–H groups in total. The Morgan fingerprint density at radius 2 is 1.64 bits per heavy atom. The number of benzene rings is 3. The van der Waals surface area contributed by atoms with Gasteiger partial charge in [0.25, 0.3) is 5.91 Å². The number of phenols is 1. The highest BCUT2D eigenvalue weighted by Crippen LogP contribution is 2.58. The molecule has 2 amide bonds. The number of carbonyl (C=O) groups is 3. The van der Waals surface area contributed by atoms with Gasteiger partial charge in [0.2, 0.25) is 5.91 Å². The highest BCUT2D eigenvalue weighted by atomic mass is 16.8. The maximum absolute atomic E-state index is 14.9. The van der Waals surface area contributed by atoms with E-state index >= 15 is 0 Å². The third-order valence-corrected chi connectivity index (χ3v) is 12.0. The van der Waals surface area contributed by atoms with Crippen molar-refractivity contribution < 1.29 is 43.6 Å². The normalized spacial score (nSPS) is 25.7. The monoisotopic (exact) mass is 795 g/mol. The molecule has 4 fully saturated rings. The summed E-state index contributed by atoms with van der Waals surface area (Å²) in [7, 11) is 0. The Morgan fingerprint density at radius 3 is 2.36 bits per heavy atom. The number of carbonyl (C=O) groups excluding carboxylic acids is 3. The molecule has 2 bridgehead atoms. The van der Waals surface area contributed by atoms with Crippen LogP contribution in [0.5, 0.6) is 5.75 Å². The number of aliphatic hydroxyl groups is 1. The number of allylic oxidation sites excluding steroid dienone is 1. The first-order valence-corrected chi connectivity index (χ1v) is 21.0. The zero-order valence-electron chi connectivity index (χ0n) is 33.6. The number of fused-ring (bicyclic) bond motifs is 4. The van der Waals surface area contributed by atoms with Crippen LogP contribution in [0.4, 0.5) is 0 Å². The summed E-state index contributed by atoms with van der Waals surface area (Å²) in [6.07, 6.45) is 9.48. The van der Waals surface area contributed by atoms with Crippen LogP contribution in [0.25, 0.3) is 6.08 Å². The lowest BCUT2D eigenvalue weighted by Gasteiger charge is -2.48. The summed E-state index contributed by atoms with van der Waals surface area (Å²) in [5.41, 5.74) is 2.47. The fourth-order valence-electron chi connectivity index (χ4n) is 9.06.